The summed E-state index contributed by atoms with van der Waals surface area (Å²) in [6.45, 7) is 1.05. The van der Waals surface area contributed by atoms with Crippen molar-refractivity contribution in [1.82, 2.24) is 10.6 Å². The van der Waals surface area contributed by atoms with Crippen molar-refractivity contribution in [2.75, 3.05) is 25.5 Å². The number of benzene rings is 1. The van der Waals surface area contributed by atoms with E-state index in [1.54, 1.807) is 7.05 Å². The van der Waals surface area contributed by atoms with Gasteiger partial charge in [-0.15, -0.1) is 0 Å². The Morgan fingerprint density at radius 2 is 2.16 bits per heavy atom. The van der Waals surface area contributed by atoms with Crippen LogP contribution in [0.4, 0.5) is 10.1 Å². The molecule has 6 heteroatoms. The molecule has 1 aromatic rings. The van der Waals surface area contributed by atoms with Crippen LogP contribution >= 0.6 is 0 Å². The lowest BCUT2D eigenvalue weighted by atomic mass is 9.99. The predicted octanol–water partition coefficient (Wildman–Crippen LogP) is 0.660. The Labute approximate surface area is 110 Å². The van der Waals surface area contributed by atoms with Crippen molar-refractivity contribution in [3.05, 3.63) is 29.1 Å². The molecule has 0 atom stereocenters. The minimum absolute atomic E-state index is 0.0194. The Kier molecular flexibility index (Phi) is 4.11. The van der Waals surface area contributed by atoms with Crippen LogP contribution in [0.25, 0.3) is 0 Å². The molecule has 0 radical (unpaired) electrons. The van der Waals surface area contributed by atoms with Crippen LogP contribution in [-0.2, 0) is 11.2 Å². The average molecular weight is 265 g/mol. The predicted molar refractivity (Wildman–Crippen MR) is 69.6 cm³/mol. The lowest BCUT2D eigenvalue weighted by Gasteiger charge is -2.18. The van der Waals surface area contributed by atoms with E-state index in [0.717, 1.165) is 5.56 Å². The summed E-state index contributed by atoms with van der Waals surface area (Å²) in [7, 11) is 1.77. The Bertz CT molecular complexity index is 517. The van der Waals surface area contributed by atoms with Gasteiger partial charge < -0.3 is 16.0 Å². The normalized spacial score (nSPS) is 13.7. The summed E-state index contributed by atoms with van der Waals surface area (Å²) in [6, 6.07) is 2.72. The van der Waals surface area contributed by atoms with Crippen molar-refractivity contribution < 1.29 is 14.0 Å². The third-order valence-corrected chi connectivity index (χ3v) is 2.99. The molecule has 2 rings (SSSR count). The van der Waals surface area contributed by atoms with Gasteiger partial charge in [0.1, 0.15) is 5.82 Å². The number of likely N-dealkylation sites (N-methyl/N-ethyl adjacent to an activating group) is 1. The number of halogens is 1. The van der Waals surface area contributed by atoms with E-state index in [1.165, 1.54) is 12.1 Å². The first-order chi connectivity index (χ1) is 9.11. The first kappa shape index (κ1) is 13.5. The standard InChI is InChI=1S/C13H16FN3O2/c1-15-4-5-16-13(19)9-6-8-2-3-12(18)17-11(8)7-10(9)14/h6-7,15H,2-5H2,1H3,(H,16,19)(H,17,18). The number of carbonyl (C=O) groups excluding carboxylic acids is 2. The zero-order chi connectivity index (χ0) is 13.8. The molecule has 2 amide bonds. The summed E-state index contributed by atoms with van der Waals surface area (Å²) in [5.74, 6) is -1.19. The first-order valence-electron chi connectivity index (χ1n) is 6.17. The smallest absolute Gasteiger partial charge is 0.254 e. The van der Waals surface area contributed by atoms with Crippen LogP contribution < -0.4 is 16.0 Å². The summed E-state index contributed by atoms with van der Waals surface area (Å²) in [6.07, 6.45) is 0.887. The maximum Gasteiger partial charge on any atom is 0.254 e. The summed E-state index contributed by atoms with van der Waals surface area (Å²) in [5.41, 5.74) is 1.27. The Balaban J connectivity index is 2.18. The van der Waals surface area contributed by atoms with E-state index >= 15 is 0 Å². The van der Waals surface area contributed by atoms with Crippen LogP contribution in [0.5, 0.6) is 0 Å². The van der Waals surface area contributed by atoms with Gasteiger partial charge in [0, 0.05) is 25.2 Å². The number of carbonyl (C=O) groups is 2. The number of fused-ring (bicyclic) bond motifs is 1. The van der Waals surface area contributed by atoms with E-state index in [0.29, 0.717) is 31.6 Å². The summed E-state index contributed by atoms with van der Waals surface area (Å²) in [4.78, 5) is 23.0. The fourth-order valence-corrected chi connectivity index (χ4v) is 1.97. The van der Waals surface area contributed by atoms with Gasteiger partial charge in [-0.1, -0.05) is 0 Å². The van der Waals surface area contributed by atoms with Crippen molar-refractivity contribution in [2.45, 2.75) is 12.8 Å². The van der Waals surface area contributed by atoms with E-state index in [2.05, 4.69) is 16.0 Å². The third-order valence-electron chi connectivity index (χ3n) is 2.99. The molecule has 0 unspecified atom stereocenters. The number of aryl methyl sites for hydroxylation is 1. The molecule has 1 aliphatic rings. The molecule has 0 fully saturated rings. The van der Waals surface area contributed by atoms with Gasteiger partial charge in [-0.2, -0.15) is 0 Å². The maximum atomic E-state index is 13.8. The van der Waals surface area contributed by atoms with Gasteiger partial charge >= 0.3 is 0 Å². The van der Waals surface area contributed by atoms with Crippen LogP contribution in [0.1, 0.15) is 22.3 Å². The van der Waals surface area contributed by atoms with E-state index in [-0.39, 0.29) is 11.5 Å². The van der Waals surface area contributed by atoms with Crippen molar-refractivity contribution in [2.24, 2.45) is 0 Å². The molecule has 1 aromatic carbocycles. The zero-order valence-corrected chi connectivity index (χ0v) is 10.7. The average Bonchev–Trinajstić information content (AvgIpc) is 2.38. The van der Waals surface area contributed by atoms with Gasteiger partial charge in [-0.25, -0.2) is 4.39 Å². The molecule has 19 heavy (non-hydrogen) atoms. The fraction of sp³-hybridized carbons (Fsp3) is 0.385. The molecule has 0 spiro atoms. The molecule has 0 bridgehead atoms. The Hall–Kier alpha value is -1.95. The molecule has 1 heterocycles. The number of hydrogen-bond acceptors (Lipinski definition) is 3. The third kappa shape index (κ3) is 3.08. The topological polar surface area (TPSA) is 70.2 Å². The van der Waals surface area contributed by atoms with E-state index < -0.39 is 11.7 Å². The van der Waals surface area contributed by atoms with Crippen LogP contribution in [0.3, 0.4) is 0 Å². The van der Waals surface area contributed by atoms with Crippen LogP contribution in [0, 0.1) is 5.82 Å². The Morgan fingerprint density at radius 3 is 2.89 bits per heavy atom. The van der Waals surface area contributed by atoms with Crippen molar-refractivity contribution in [1.29, 1.82) is 0 Å². The highest BCUT2D eigenvalue weighted by Crippen LogP contribution is 2.25. The van der Waals surface area contributed by atoms with Crippen LogP contribution in [0.2, 0.25) is 0 Å². The molecular weight excluding hydrogens is 249 g/mol. The largest absolute Gasteiger partial charge is 0.351 e. The summed E-state index contributed by atoms with van der Waals surface area (Å²) >= 11 is 0. The number of anilines is 1. The van der Waals surface area contributed by atoms with Crippen molar-refractivity contribution in [3.8, 4) is 0 Å². The highest BCUT2D eigenvalue weighted by molar-refractivity contribution is 5.98. The molecular formula is C13H16FN3O2. The molecule has 0 aliphatic carbocycles. The molecule has 1 aliphatic heterocycles. The van der Waals surface area contributed by atoms with Gasteiger partial charge in [0.05, 0.1) is 5.56 Å². The lowest BCUT2D eigenvalue weighted by Crippen LogP contribution is -2.31. The second kappa shape index (κ2) is 5.79. The zero-order valence-electron chi connectivity index (χ0n) is 10.7. The minimum Gasteiger partial charge on any atom is -0.351 e. The number of rotatable bonds is 4. The van der Waals surface area contributed by atoms with Crippen LogP contribution in [-0.4, -0.2) is 32.0 Å². The number of amides is 2. The van der Waals surface area contributed by atoms with Crippen molar-refractivity contribution in [3.63, 3.8) is 0 Å². The highest BCUT2D eigenvalue weighted by atomic mass is 19.1. The minimum atomic E-state index is -0.622. The van der Waals surface area contributed by atoms with Gasteiger partial charge in [0.25, 0.3) is 5.91 Å². The van der Waals surface area contributed by atoms with Gasteiger partial charge in [0.15, 0.2) is 0 Å². The van der Waals surface area contributed by atoms with Gasteiger partial charge in [0.2, 0.25) is 5.91 Å². The Morgan fingerprint density at radius 1 is 1.37 bits per heavy atom. The van der Waals surface area contributed by atoms with E-state index in [1.807, 2.05) is 0 Å². The highest BCUT2D eigenvalue weighted by Gasteiger charge is 2.20. The molecule has 0 aromatic heterocycles. The molecule has 0 saturated heterocycles. The maximum absolute atomic E-state index is 13.8. The molecule has 5 nitrogen and oxygen atoms in total. The molecule has 3 N–H and O–H groups in total. The van der Waals surface area contributed by atoms with E-state index in [4.69, 9.17) is 0 Å². The van der Waals surface area contributed by atoms with Crippen LogP contribution in [0.15, 0.2) is 12.1 Å². The van der Waals surface area contributed by atoms with Crippen molar-refractivity contribution >= 4 is 17.5 Å². The summed E-state index contributed by atoms with van der Waals surface area (Å²) in [5, 5.41) is 8.11. The van der Waals surface area contributed by atoms with Gasteiger partial charge in [-0.3, -0.25) is 9.59 Å². The molecule has 0 saturated carbocycles. The monoisotopic (exact) mass is 265 g/mol. The molecule has 102 valence electrons. The van der Waals surface area contributed by atoms with E-state index in [9.17, 15) is 14.0 Å². The SMILES string of the molecule is CNCCNC(=O)c1cc2c(cc1F)NC(=O)CC2. The summed E-state index contributed by atoms with van der Waals surface area (Å²) < 4.78 is 13.8. The fourth-order valence-electron chi connectivity index (χ4n) is 1.97. The lowest BCUT2D eigenvalue weighted by molar-refractivity contribution is -0.116. The number of nitrogens with one attached hydrogen (secondary N) is 3. The first-order valence-corrected chi connectivity index (χ1v) is 6.17. The van der Waals surface area contributed by atoms with Gasteiger partial charge in [-0.05, 0) is 31.2 Å². The number of hydrogen-bond donors (Lipinski definition) is 3. The second-order valence-corrected chi connectivity index (χ2v) is 4.40. The quantitative estimate of drug-likeness (QED) is 0.700. The second-order valence-electron chi connectivity index (χ2n) is 4.40.